The second kappa shape index (κ2) is 4.98. The van der Waals surface area contributed by atoms with Crippen molar-refractivity contribution in [2.75, 3.05) is 0 Å². The molecule has 0 aromatic heterocycles. The average molecular weight is 282 g/mol. The number of carbonyl (C=O) groups is 2. The molecule has 104 valence electrons. The van der Waals surface area contributed by atoms with Crippen molar-refractivity contribution in [1.29, 1.82) is 0 Å². The number of carbonyl (C=O) groups excluding carboxylic acids is 2. The highest BCUT2D eigenvalue weighted by Gasteiger charge is 2.26. The summed E-state index contributed by atoms with van der Waals surface area (Å²) in [5.41, 5.74) is 1.32. The third-order valence-electron chi connectivity index (χ3n) is 3.17. The van der Waals surface area contributed by atoms with Crippen molar-refractivity contribution >= 4 is 11.6 Å². The van der Waals surface area contributed by atoms with E-state index in [1.165, 1.54) is 12.1 Å². The number of aryl methyl sites for hydroxylation is 1. The molecule has 2 aromatic rings. The Morgan fingerprint density at radius 3 is 2.43 bits per heavy atom. The van der Waals surface area contributed by atoms with Gasteiger partial charge in [0.05, 0.1) is 0 Å². The van der Waals surface area contributed by atoms with E-state index in [0.29, 0.717) is 16.7 Å². The van der Waals surface area contributed by atoms with Crippen molar-refractivity contribution in [3.05, 3.63) is 76.8 Å². The molecule has 0 unspecified atom stereocenters. The molecular formula is C17H11FO3. The highest BCUT2D eigenvalue weighted by molar-refractivity contribution is 6.23. The zero-order valence-corrected chi connectivity index (χ0v) is 11.2. The molecule has 2 aromatic carbocycles. The van der Waals surface area contributed by atoms with Gasteiger partial charge in [0.1, 0.15) is 11.6 Å². The molecule has 0 radical (unpaired) electrons. The van der Waals surface area contributed by atoms with Crippen LogP contribution in [0.4, 0.5) is 4.39 Å². The Kier molecular flexibility index (Phi) is 3.14. The highest BCUT2D eigenvalue weighted by Crippen LogP contribution is 2.25. The number of ketones is 2. The maximum Gasteiger partial charge on any atom is 0.229 e. The van der Waals surface area contributed by atoms with Gasteiger partial charge in [-0.2, -0.15) is 0 Å². The molecule has 3 nitrogen and oxygen atoms in total. The SMILES string of the molecule is Cc1cc(F)cc(OC2=CC(=O)c3ccccc3C2=O)c1. The minimum absolute atomic E-state index is 0.0938. The average Bonchev–Trinajstić information content (AvgIpc) is 2.43. The molecule has 0 saturated heterocycles. The standard InChI is InChI=1S/C17H11FO3/c1-10-6-11(18)8-12(7-10)21-16-9-15(19)13-4-2-3-5-14(13)17(16)20/h2-9H,1H3. The second-order valence-electron chi connectivity index (χ2n) is 4.81. The molecule has 0 N–H and O–H groups in total. The number of halogens is 1. The largest absolute Gasteiger partial charge is 0.453 e. The van der Waals surface area contributed by atoms with E-state index in [2.05, 4.69) is 0 Å². The third kappa shape index (κ3) is 2.48. The van der Waals surface area contributed by atoms with Gasteiger partial charge < -0.3 is 4.74 Å². The molecule has 0 aliphatic heterocycles. The van der Waals surface area contributed by atoms with Crippen LogP contribution in [0.2, 0.25) is 0 Å². The van der Waals surface area contributed by atoms with E-state index >= 15 is 0 Å². The Bertz CT molecular complexity index is 770. The first kappa shape index (κ1) is 13.2. The molecule has 0 atom stereocenters. The predicted molar refractivity (Wildman–Crippen MR) is 75.0 cm³/mol. The van der Waals surface area contributed by atoms with Crippen LogP contribution in [0.5, 0.6) is 5.75 Å². The van der Waals surface area contributed by atoms with Crippen molar-refractivity contribution < 1.29 is 18.7 Å². The highest BCUT2D eigenvalue weighted by atomic mass is 19.1. The van der Waals surface area contributed by atoms with Crippen molar-refractivity contribution in [3.8, 4) is 5.75 Å². The van der Waals surface area contributed by atoms with E-state index in [9.17, 15) is 14.0 Å². The summed E-state index contributed by atoms with van der Waals surface area (Å²) in [6.45, 7) is 1.72. The zero-order valence-electron chi connectivity index (χ0n) is 11.2. The first-order valence-electron chi connectivity index (χ1n) is 6.39. The van der Waals surface area contributed by atoms with Gasteiger partial charge in [0.25, 0.3) is 0 Å². The van der Waals surface area contributed by atoms with Gasteiger partial charge in [-0.15, -0.1) is 0 Å². The molecule has 21 heavy (non-hydrogen) atoms. The molecule has 3 rings (SSSR count). The Labute approximate surface area is 120 Å². The van der Waals surface area contributed by atoms with Crippen molar-refractivity contribution in [1.82, 2.24) is 0 Å². The lowest BCUT2D eigenvalue weighted by Crippen LogP contribution is -2.20. The first-order valence-corrected chi connectivity index (χ1v) is 6.39. The van der Waals surface area contributed by atoms with Crippen LogP contribution in [0.1, 0.15) is 26.3 Å². The lowest BCUT2D eigenvalue weighted by molar-refractivity contribution is 0.0946. The molecule has 1 aliphatic rings. The molecule has 0 saturated carbocycles. The number of benzene rings is 2. The number of allylic oxidation sites excluding steroid dienone is 2. The van der Waals surface area contributed by atoms with Crippen molar-refractivity contribution in [2.45, 2.75) is 6.92 Å². The quantitative estimate of drug-likeness (QED) is 0.847. The normalized spacial score (nSPS) is 13.7. The lowest BCUT2D eigenvalue weighted by Gasteiger charge is -2.15. The Morgan fingerprint density at radius 2 is 1.71 bits per heavy atom. The summed E-state index contributed by atoms with van der Waals surface area (Å²) in [5.74, 6) is -1.04. The number of ether oxygens (including phenoxy) is 1. The topological polar surface area (TPSA) is 43.4 Å². The Morgan fingerprint density at radius 1 is 1.00 bits per heavy atom. The smallest absolute Gasteiger partial charge is 0.229 e. The fourth-order valence-corrected chi connectivity index (χ4v) is 2.26. The van der Waals surface area contributed by atoms with Gasteiger partial charge in [0, 0.05) is 23.3 Å². The molecule has 4 heteroatoms. The Balaban J connectivity index is 1.97. The van der Waals surface area contributed by atoms with Gasteiger partial charge in [-0.05, 0) is 24.6 Å². The van der Waals surface area contributed by atoms with Crippen LogP contribution in [0.25, 0.3) is 0 Å². The van der Waals surface area contributed by atoms with Crippen LogP contribution >= 0.6 is 0 Å². The van der Waals surface area contributed by atoms with E-state index in [0.717, 1.165) is 6.08 Å². The zero-order chi connectivity index (χ0) is 15.0. The van der Waals surface area contributed by atoms with E-state index < -0.39 is 5.82 Å². The molecular weight excluding hydrogens is 271 g/mol. The molecule has 0 fully saturated rings. The summed E-state index contributed by atoms with van der Waals surface area (Å²) in [6.07, 6.45) is 1.14. The maximum absolute atomic E-state index is 13.3. The monoisotopic (exact) mass is 282 g/mol. The summed E-state index contributed by atoms with van der Waals surface area (Å²) >= 11 is 0. The van der Waals surface area contributed by atoms with Gasteiger partial charge >= 0.3 is 0 Å². The van der Waals surface area contributed by atoms with Crippen LogP contribution in [-0.2, 0) is 0 Å². The molecule has 0 heterocycles. The van der Waals surface area contributed by atoms with Crippen molar-refractivity contribution in [2.24, 2.45) is 0 Å². The third-order valence-corrected chi connectivity index (χ3v) is 3.17. The van der Waals surface area contributed by atoms with Gasteiger partial charge in [-0.3, -0.25) is 9.59 Å². The maximum atomic E-state index is 13.3. The second-order valence-corrected chi connectivity index (χ2v) is 4.81. The molecule has 0 bridgehead atoms. The number of hydrogen-bond donors (Lipinski definition) is 0. The molecule has 1 aliphatic carbocycles. The van der Waals surface area contributed by atoms with Crippen LogP contribution in [0.3, 0.4) is 0 Å². The molecule has 0 spiro atoms. The summed E-state index contributed by atoms with van der Waals surface area (Å²) in [6, 6.07) is 10.7. The first-order chi connectivity index (χ1) is 10.0. The van der Waals surface area contributed by atoms with E-state index in [1.54, 1.807) is 37.3 Å². The summed E-state index contributed by atoms with van der Waals surface area (Å²) in [4.78, 5) is 24.3. The van der Waals surface area contributed by atoms with Crippen LogP contribution in [-0.4, -0.2) is 11.6 Å². The van der Waals surface area contributed by atoms with Crippen LogP contribution in [0.15, 0.2) is 54.3 Å². The minimum Gasteiger partial charge on any atom is -0.453 e. The number of hydrogen-bond acceptors (Lipinski definition) is 3. The van der Waals surface area contributed by atoms with Gasteiger partial charge in [-0.25, -0.2) is 4.39 Å². The van der Waals surface area contributed by atoms with Crippen LogP contribution in [0, 0.1) is 12.7 Å². The van der Waals surface area contributed by atoms with Gasteiger partial charge in [0.2, 0.25) is 5.78 Å². The number of rotatable bonds is 2. The van der Waals surface area contributed by atoms with Gasteiger partial charge in [0.15, 0.2) is 11.5 Å². The fraction of sp³-hybridized carbons (Fsp3) is 0.0588. The van der Waals surface area contributed by atoms with Crippen molar-refractivity contribution in [3.63, 3.8) is 0 Å². The van der Waals surface area contributed by atoms with E-state index in [4.69, 9.17) is 4.74 Å². The summed E-state index contributed by atoms with van der Waals surface area (Å²) in [7, 11) is 0. The van der Waals surface area contributed by atoms with Gasteiger partial charge in [-0.1, -0.05) is 24.3 Å². The lowest BCUT2D eigenvalue weighted by atomic mass is 9.94. The minimum atomic E-state index is -0.458. The number of Topliss-reactive ketones (excluding diaryl/α,β-unsaturated/α-hetero) is 1. The van der Waals surface area contributed by atoms with E-state index in [1.807, 2.05) is 0 Å². The fourth-order valence-electron chi connectivity index (χ4n) is 2.26. The summed E-state index contributed by atoms with van der Waals surface area (Å²) in [5, 5.41) is 0. The molecule has 0 amide bonds. The summed E-state index contributed by atoms with van der Waals surface area (Å²) < 4.78 is 18.8. The predicted octanol–water partition coefficient (Wildman–Crippen LogP) is 3.48. The van der Waals surface area contributed by atoms with Crippen LogP contribution < -0.4 is 4.74 Å². The number of fused-ring (bicyclic) bond motifs is 1. The Hall–Kier alpha value is -2.75. The van der Waals surface area contributed by atoms with E-state index in [-0.39, 0.29) is 23.1 Å².